The molecule has 3 rings (SSSR count). The quantitative estimate of drug-likeness (QED) is 0.645. The Morgan fingerprint density at radius 1 is 1.06 bits per heavy atom. The first-order valence-electron chi connectivity index (χ1n) is 5.13. The molecule has 0 unspecified atom stereocenters. The summed E-state index contributed by atoms with van der Waals surface area (Å²) in [6.45, 7) is 0. The number of hydrogen-bond donors (Lipinski definition) is 2. The molecule has 0 spiro atoms. The first-order chi connectivity index (χ1) is 8.16. The van der Waals surface area contributed by atoms with Crippen LogP contribution in [0.25, 0.3) is 21.9 Å². The molecule has 1 aromatic heterocycles. The average Bonchev–Trinajstić information content (AvgIpc) is 2.67. The summed E-state index contributed by atoms with van der Waals surface area (Å²) in [4.78, 5) is 0. The molecular formula is C12H8BClO3. The Morgan fingerprint density at radius 2 is 1.88 bits per heavy atom. The van der Waals surface area contributed by atoms with Crippen molar-refractivity contribution in [1.82, 2.24) is 0 Å². The molecule has 17 heavy (non-hydrogen) atoms. The summed E-state index contributed by atoms with van der Waals surface area (Å²) in [6.07, 6.45) is 0. The summed E-state index contributed by atoms with van der Waals surface area (Å²) in [6, 6.07) is 10.5. The highest BCUT2D eigenvalue weighted by Crippen LogP contribution is 2.33. The molecule has 0 aliphatic carbocycles. The van der Waals surface area contributed by atoms with Crippen LogP contribution in [-0.4, -0.2) is 17.2 Å². The lowest BCUT2D eigenvalue weighted by Gasteiger charge is -1.97. The van der Waals surface area contributed by atoms with E-state index in [0.29, 0.717) is 21.7 Å². The molecule has 0 aliphatic rings. The van der Waals surface area contributed by atoms with E-state index < -0.39 is 7.12 Å². The van der Waals surface area contributed by atoms with Crippen molar-refractivity contribution >= 4 is 46.1 Å². The van der Waals surface area contributed by atoms with Crippen molar-refractivity contribution in [2.45, 2.75) is 0 Å². The molecule has 0 saturated heterocycles. The van der Waals surface area contributed by atoms with Crippen molar-refractivity contribution < 1.29 is 14.5 Å². The predicted octanol–water partition coefficient (Wildman–Crippen LogP) is 1.92. The zero-order chi connectivity index (χ0) is 12.0. The van der Waals surface area contributed by atoms with Crippen molar-refractivity contribution in [3.63, 3.8) is 0 Å². The van der Waals surface area contributed by atoms with Gasteiger partial charge in [-0.25, -0.2) is 0 Å². The third-order valence-electron chi connectivity index (χ3n) is 2.77. The molecule has 2 N–H and O–H groups in total. The maximum Gasteiger partial charge on any atom is 0.488 e. The summed E-state index contributed by atoms with van der Waals surface area (Å²) in [5, 5.41) is 20.5. The number of fused-ring (bicyclic) bond motifs is 3. The largest absolute Gasteiger partial charge is 0.488 e. The summed E-state index contributed by atoms with van der Waals surface area (Å²) >= 11 is 6.12. The van der Waals surface area contributed by atoms with Crippen molar-refractivity contribution in [3.05, 3.63) is 41.4 Å². The summed E-state index contributed by atoms with van der Waals surface area (Å²) < 4.78 is 5.62. The minimum Gasteiger partial charge on any atom is -0.456 e. The third-order valence-corrected chi connectivity index (χ3v) is 3.08. The molecule has 84 valence electrons. The second-order valence-electron chi connectivity index (χ2n) is 3.84. The van der Waals surface area contributed by atoms with Crippen LogP contribution in [0.1, 0.15) is 0 Å². The van der Waals surface area contributed by atoms with Crippen LogP contribution >= 0.6 is 11.6 Å². The highest BCUT2D eigenvalue weighted by molar-refractivity contribution is 6.59. The van der Waals surface area contributed by atoms with Gasteiger partial charge >= 0.3 is 7.12 Å². The number of halogens is 1. The Balaban J connectivity index is 2.40. The molecule has 2 aromatic carbocycles. The smallest absolute Gasteiger partial charge is 0.456 e. The van der Waals surface area contributed by atoms with Crippen LogP contribution < -0.4 is 5.46 Å². The highest BCUT2D eigenvalue weighted by Gasteiger charge is 2.15. The molecule has 0 amide bonds. The van der Waals surface area contributed by atoms with E-state index in [2.05, 4.69) is 0 Å². The number of furan rings is 1. The molecule has 3 nitrogen and oxygen atoms in total. The third kappa shape index (κ3) is 1.62. The Bertz CT molecular complexity index is 705. The van der Waals surface area contributed by atoms with Gasteiger partial charge < -0.3 is 14.5 Å². The van der Waals surface area contributed by atoms with E-state index >= 15 is 0 Å². The lowest BCUT2D eigenvalue weighted by molar-refractivity contribution is 0.425. The lowest BCUT2D eigenvalue weighted by atomic mass is 9.80. The fraction of sp³-hybridized carbons (Fsp3) is 0. The van der Waals surface area contributed by atoms with E-state index in [0.717, 1.165) is 10.8 Å². The monoisotopic (exact) mass is 246 g/mol. The Labute approximate surface area is 102 Å². The van der Waals surface area contributed by atoms with Crippen LogP contribution in [-0.2, 0) is 0 Å². The second kappa shape index (κ2) is 3.77. The molecule has 0 fully saturated rings. The maximum absolute atomic E-state index is 9.10. The van der Waals surface area contributed by atoms with E-state index in [1.807, 2.05) is 12.1 Å². The maximum atomic E-state index is 9.10. The van der Waals surface area contributed by atoms with Crippen LogP contribution in [0.15, 0.2) is 40.8 Å². The van der Waals surface area contributed by atoms with Gasteiger partial charge in [0.25, 0.3) is 0 Å². The van der Waals surface area contributed by atoms with Crippen LogP contribution in [0.5, 0.6) is 0 Å². The molecule has 3 aromatic rings. The fourth-order valence-electron chi connectivity index (χ4n) is 1.96. The van der Waals surface area contributed by atoms with E-state index in [1.165, 1.54) is 0 Å². The van der Waals surface area contributed by atoms with Crippen molar-refractivity contribution in [2.24, 2.45) is 0 Å². The van der Waals surface area contributed by atoms with Gasteiger partial charge in [-0.15, -0.1) is 0 Å². The van der Waals surface area contributed by atoms with E-state index in [-0.39, 0.29) is 0 Å². The lowest BCUT2D eigenvalue weighted by Crippen LogP contribution is -2.29. The second-order valence-corrected chi connectivity index (χ2v) is 4.25. The molecule has 0 aliphatic heterocycles. The predicted molar refractivity (Wildman–Crippen MR) is 68.6 cm³/mol. The van der Waals surface area contributed by atoms with Gasteiger partial charge in [0.05, 0.1) is 5.02 Å². The molecule has 0 radical (unpaired) electrons. The highest BCUT2D eigenvalue weighted by atomic mass is 35.5. The number of benzene rings is 2. The van der Waals surface area contributed by atoms with Gasteiger partial charge in [-0.1, -0.05) is 29.8 Å². The van der Waals surface area contributed by atoms with Gasteiger partial charge in [-0.3, -0.25) is 0 Å². The fourth-order valence-corrected chi connectivity index (χ4v) is 2.23. The van der Waals surface area contributed by atoms with Gasteiger partial charge in [0.15, 0.2) is 0 Å². The summed E-state index contributed by atoms with van der Waals surface area (Å²) in [5.41, 5.74) is 1.68. The SMILES string of the molecule is OB(O)c1ccc2c(c1)oc1cccc(Cl)c12. The van der Waals surface area contributed by atoms with Crippen molar-refractivity contribution in [3.8, 4) is 0 Å². The van der Waals surface area contributed by atoms with E-state index in [4.69, 9.17) is 26.1 Å². The zero-order valence-corrected chi connectivity index (χ0v) is 9.48. The standard InChI is InChI=1S/C12H8BClO3/c14-9-2-1-3-10-12(9)8-5-4-7(13(15)16)6-11(8)17-10/h1-6,15-16H. The summed E-state index contributed by atoms with van der Waals surface area (Å²) in [5.74, 6) is 0. The first-order valence-corrected chi connectivity index (χ1v) is 5.51. The van der Waals surface area contributed by atoms with E-state index in [9.17, 15) is 0 Å². The molecule has 5 heteroatoms. The van der Waals surface area contributed by atoms with Gasteiger partial charge in [0, 0.05) is 10.8 Å². The van der Waals surface area contributed by atoms with Gasteiger partial charge in [0.1, 0.15) is 11.2 Å². The molecule has 0 saturated carbocycles. The Kier molecular flexibility index (Phi) is 2.36. The van der Waals surface area contributed by atoms with Gasteiger partial charge in [-0.05, 0) is 23.7 Å². The molecule has 0 bridgehead atoms. The van der Waals surface area contributed by atoms with Crippen LogP contribution in [0, 0.1) is 0 Å². The topological polar surface area (TPSA) is 53.6 Å². The zero-order valence-electron chi connectivity index (χ0n) is 8.72. The molecule has 0 atom stereocenters. The van der Waals surface area contributed by atoms with Crippen molar-refractivity contribution in [1.29, 1.82) is 0 Å². The number of hydrogen-bond acceptors (Lipinski definition) is 3. The normalized spacial score (nSPS) is 11.2. The Hall–Kier alpha value is -1.49. The van der Waals surface area contributed by atoms with E-state index in [1.54, 1.807) is 24.3 Å². The average molecular weight is 246 g/mol. The summed E-state index contributed by atoms with van der Waals surface area (Å²) in [7, 11) is -1.50. The molecular weight excluding hydrogens is 238 g/mol. The van der Waals surface area contributed by atoms with Gasteiger partial charge in [-0.2, -0.15) is 0 Å². The van der Waals surface area contributed by atoms with Crippen LogP contribution in [0.4, 0.5) is 0 Å². The Morgan fingerprint density at radius 3 is 2.65 bits per heavy atom. The van der Waals surface area contributed by atoms with Gasteiger partial charge in [0.2, 0.25) is 0 Å². The minimum atomic E-state index is -1.50. The van der Waals surface area contributed by atoms with Crippen molar-refractivity contribution in [2.75, 3.05) is 0 Å². The minimum absolute atomic E-state index is 0.396. The van der Waals surface area contributed by atoms with Crippen LogP contribution in [0.3, 0.4) is 0 Å². The first kappa shape index (κ1) is 10.7. The van der Waals surface area contributed by atoms with Crippen LogP contribution in [0.2, 0.25) is 5.02 Å². The number of rotatable bonds is 1. The molecule has 1 heterocycles.